The highest BCUT2D eigenvalue weighted by Gasteiger charge is 2.28. The van der Waals surface area contributed by atoms with Crippen molar-refractivity contribution in [2.24, 2.45) is 0 Å². The van der Waals surface area contributed by atoms with Crippen LogP contribution >= 0.6 is 7.82 Å². The third-order valence-corrected chi connectivity index (χ3v) is 14.0. The van der Waals surface area contributed by atoms with E-state index in [-0.39, 0.29) is 25.9 Å². The van der Waals surface area contributed by atoms with Crippen LogP contribution < -0.4 is 0 Å². The zero-order chi connectivity index (χ0) is 56.9. The number of ether oxygens (including phenoxy) is 3. The topological polar surface area (TPSA) is 155 Å². The van der Waals surface area contributed by atoms with Crippen LogP contribution in [0.4, 0.5) is 0 Å². The van der Waals surface area contributed by atoms with Gasteiger partial charge in [0.1, 0.15) is 12.7 Å². The molecule has 3 unspecified atom stereocenters. The Morgan fingerprint density at radius 3 is 1.05 bits per heavy atom. The molecule has 0 saturated heterocycles. The standard InChI is InChI=1S/C66H113O11P/c1-4-7-10-13-16-19-22-25-28-30-31-33-35-37-40-43-46-49-52-55-64(68)73-59-63(77-66(70)57-54-51-48-45-42-39-36-32-29-26-23-20-17-14-11-8-5-2)61-75-78(71,72)74-60-62(58-67)76-65(69)56-53-50-47-44-41-38-34-27-24-21-18-15-12-9-6-3/h7,9-10,12,16,18-19,21,25,27-28,31,33-34,41,44,62-63,67H,4-6,8,11,13-15,17,20,22-24,26,29-30,32,35-40,42-43,45-61H2,1-3H3,(H,71,72)/b10-7-,12-9-,19-16-,21-18-,28-25-,33-31-,34-27-,44-41-. The first kappa shape index (κ1) is 74.4. The van der Waals surface area contributed by atoms with Gasteiger partial charge in [-0.2, -0.15) is 0 Å². The first-order valence-corrected chi connectivity index (χ1v) is 32.6. The van der Waals surface area contributed by atoms with E-state index in [9.17, 15) is 28.9 Å². The maximum Gasteiger partial charge on any atom is 0.472 e. The van der Waals surface area contributed by atoms with Crippen LogP contribution in [-0.4, -0.2) is 66.5 Å². The van der Waals surface area contributed by atoms with Crippen LogP contribution in [0.5, 0.6) is 0 Å². The van der Waals surface area contributed by atoms with Crippen molar-refractivity contribution in [1.29, 1.82) is 0 Å². The smallest absolute Gasteiger partial charge is 0.462 e. The van der Waals surface area contributed by atoms with E-state index in [1.165, 1.54) is 83.5 Å². The molecule has 0 aliphatic rings. The molecule has 0 amide bonds. The van der Waals surface area contributed by atoms with Crippen LogP contribution in [0.2, 0.25) is 0 Å². The molecule has 0 fully saturated rings. The largest absolute Gasteiger partial charge is 0.472 e. The van der Waals surface area contributed by atoms with Crippen LogP contribution in [-0.2, 0) is 42.2 Å². The first-order chi connectivity index (χ1) is 38.2. The number of hydrogen-bond acceptors (Lipinski definition) is 10. The summed E-state index contributed by atoms with van der Waals surface area (Å²) in [6, 6.07) is 0. The molecule has 3 atom stereocenters. The second kappa shape index (κ2) is 59.5. The van der Waals surface area contributed by atoms with E-state index in [0.29, 0.717) is 19.3 Å². The molecule has 0 radical (unpaired) electrons. The van der Waals surface area contributed by atoms with Crippen molar-refractivity contribution in [1.82, 2.24) is 0 Å². The number of phosphoric acid groups is 1. The Labute approximate surface area is 476 Å². The van der Waals surface area contributed by atoms with E-state index in [2.05, 4.69) is 118 Å². The van der Waals surface area contributed by atoms with E-state index in [1.807, 2.05) is 0 Å². The zero-order valence-electron chi connectivity index (χ0n) is 49.6. The number of esters is 3. The second-order valence-electron chi connectivity index (χ2n) is 20.5. The molecule has 0 aromatic rings. The van der Waals surface area contributed by atoms with Crippen molar-refractivity contribution in [2.75, 3.05) is 26.4 Å². The van der Waals surface area contributed by atoms with Crippen LogP contribution in [0.15, 0.2) is 97.2 Å². The fourth-order valence-corrected chi connectivity index (χ4v) is 9.12. The molecule has 11 nitrogen and oxygen atoms in total. The Balaban J connectivity index is 4.77. The quantitative estimate of drug-likeness (QED) is 0.0197. The van der Waals surface area contributed by atoms with Gasteiger partial charge < -0.3 is 24.2 Å². The molecule has 12 heteroatoms. The Kier molecular flexibility index (Phi) is 56.8. The monoisotopic (exact) mass is 1110 g/mol. The molecule has 0 rings (SSSR count). The first-order valence-electron chi connectivity index (χ1n) is 31.1. The maximum absolute atomic E-state index is 12.9. The highest BCUT2D eigenvalue weighted by Crippen LogP contribution is 2.43. The lowest BCUT2D eigenvalue weighted by molar-refractivity contribution is -0.161. The van der Waals surface area contributed by atoms with Gasteiger partial charge in [0.25, 0.3) is 0 Å². The fourth-order valence-electron chi connectivity index (χ4n) is 8.34. The lowest BCUT2D eigenvalue weighted by Gasteiger charge is -2.21. The molecule has 0 aromatic heterocycles. The molecular weight excluding hydrogens is 1000 g/mol. The normalized spacial score (nSPS) is 14.0. The minimum Gasteiger partial charge on any atom is -0.462 e. The maximum atomic E-state index is 12.9. The van der Waals surface area contributed by atoms with E-state index in [1.54, 1.807) is 0 Å². The number of carbonyl (C=O) groups is 3. The average molecular weight is 1110 g/mol. The third kappa shape index (κ3) is 57.1. The number of hydrogen-bond donors (Lipinski definition) is 2. The van der Waals surface area contributed by atoms with Gasteiger partial charge >= 0.3 is 25.7 Å². The summed E-state index contributed by atoms with van der Waals surface area (Å²) in [5.41, 5.74) is 0. The number of allylic oxidation sites excluding steroid dienone is 16. The van der Waals surface area contributed by atoms with Gasteiger partial charge in [-0.05, 0) is 96.3 Å². The van der Waals surface area contributed by atoms with E-state index < -0.39 is 57.8 Å². The number of aliphatic hydroxyl groups excluding tert-OH is 1. The SMILES string of the molecule is CC/C=C\C/C=C\C/C=C\C/C=C\CCCCCCCCC(=O)OCC(COP(=O)(O)OCC(CO)OC(=O)CCCC/C=C\C/C=C\C/C=C\C/C=C\CC)OC(=O)CCCCCCCCCCCCCCCCCCC. The van der Waals surface area contributed by atoms with Crippen LogP contribution in [0.25, 0.3) is 0 Å². The molecule has 0 spiro atoms. The van der Waals surface area contributed by atoms with Gasteiger partial charge in [0.2, 0.25) is 0 Å². The van der Waals surface area contributed by atoms with Crippen molar-refractivity contribution in [2.45, 2.75) is 277 Å². The van der Waals surface area contributed by atoms with Crippen molar-refractivity contribution in [3.63, 3.8) is 0 Å². The Morgan fingerprint density at radius 1 is 0.372 bits per heavy atom. The zero-order valence-corrected chi connectivity index (χ0v) is 50.5. The summed E-state index contributed by atoms with van der Waals surface area (Å²) in [6.45, 7) is 4.38. The molecule has 0 bridgehead atoms. The summed E-state index contributed by atoms with van der Waals surface area (Å²) in [7, 11) is -4.77. The number of carbonyl (C=O) groups excluding carboxylic acids is 3. The number of phosphoric ester groups is 1. The number of aliphatic hydroxyl groups is 1. The van der Waals surface area contributed by atoms with E-state index in [4.69, 9.17) is 23.3 Å². The van der Waals surface area contributed by atoms with Gasteiger partial charge in [0, 0.05) is 19.3 Å². The van der Waals surface area contributed by atoms with Crippen molar-refractivity contribution >= 4 is 25.7 Å². The van der Waals surface area contributed by atoms with E-state index >= 15 is 0 Å². The molecule has 0 aliphatic heterocycles. The average Bonchev–Trinajstić information content (AvgIpc) is 3.43. The molecular formula is C66H113O11P. The molecule has 0 aromatic carbocycles. The van der Waals surface area contributed by atoms with Crippen LogP contribution in [0.1, 0.15) is 265 Å². The molecule has 0 heterocycles. The molecule has 0 saturated carbocycles. The third-order valence-electron chi connectivity index (χ3n) is 13.0. The lowest BCUT2D eigenvalue weighted by Crippen LogP contribution is -2.30. The summed E-state index contributed by atoms with van der Waals surface area (Å²) >= 11 is 0. The predicted molar refractivity (Wildman–Crippen MR) is 325 cm³/mol. The second-order valence-corrected chi connectivity index (χ2v) is 21.9. The van der Waals surface area contributed by atoms with Crippen molar-refractivity contribution in [3.8, 4) is 0 Å². The fraction of sp³-hybridized carbons (Fsp3) is 0.712. The van der Waals surface area contributed by atoms with E-state index in [0.717, 1.165) is 122 Å². The van der Waals surface area contributed by atoms with Crippen molar-refractivity contribution in [3.05, 3.63) is 97.2 Å². The van der Waals surface area contributed by atoms with Crippen LogP contribution in [0, 0.1) is 0 Å². The van der Waals surface area contributed by atoms with Crippen LogP contribution in [0.3, 0.4) is 0 Å². The highest BCUT2D eigenvalue weighted by molar-refractivity contribution is 7.47. The number of rotatable bonds is 57. The van der Waals surface area contributed by atoms with Gasteiger partial charge in [-0.25, -0.2) is 4.57 Å². The highest BCUT2D eigenvalue weighted by atomic mass is 31.2. The molecule has 448 valence electrons. The molecule has 0 aliphatic carbocycles. The Morgan fingerprint density at radius 2 is 0.667 bits per heavy atom. The number of unbranched alkanes of at least 4 members (excludes halogenated alkanes) is 24. The van der Waals surface area contributed by atoms with Gasteiger partial charge in [0.15, 0.2) is 6.10 Å². The van der Waals surface area contributed by atoms with Crippen molar-refractivity contribution < 1.29 is 52.2 Å². The summed E-state index contributed by atoms with van der Waals surface area (Å²) < 4.78 is 39.6. The molecule has 78 heavy (non-hydrogen) atoms. The Hall–Kier alpha value is -3.60. The summed E-state index contributed by atoms with van der Waals surface area (Å²) in [5, 5.41) is 9.83. The lowest BCUT2D eigenvalue weighted by atomic mass is 10.0. The van der Waals surface area contributed by atoms with Gasteiger partial charge in [0.05, 0.1) is 19.8 Å². The molecule has 2 N–H and O–H groups in total. The minimum absolute atomic E-state index is 0.121. The minimum atomic E-state index is -4.77. The summed E-state index contributed by atoms with van der Waals surface area (Å²) in [6.07, 6.45) is 70.8. The van der Waals surface area contributed by atoms with Gasteiger partial charge in [-0.15, -0.1) is 0 Å². The van der Waals surface area contributed by atoms with Gasteiger partial charge in [-0.1, -0.05) is 246 Å². The Bertz CT molecular complexity index is 1680. The summed E-state index contributed by atoms with van der Waals surface area (Å²) in [5.74, 6) is -1.52. The predicted octanol–water partition coefficient (Wildman–Crippen LogP) is 18.8. The summed E-state index contributed by atoms with van der Waals surface area (Å²) in [4.78, 5) is 48.7. The van der Waals surface area contributed by atoms with Gasteiger partial charge in [-0.3, -0.25) is 23.4 Å².